The summed E-state index contributed by atoms with van der Waals surface area (Å²) in [6.45, 7) is 1.17. The Balaban J connectivity index is 2.15. The van der Waals surface area contributed by atoms with Crippen molar-refractivity contribution in [3.05, 3.63) is 59.1 Å². The lowest BCUT2D eigenvalue weighted by molar-refractivity contribution is 0.0951. The Hall–Kier alpha value is -2.09. The van der Waals surface area contributed by atoms with Crippen LogP contribution in [0.25, 0.3) is 0 Å². The molecule has 0 aliphatic rings. The Morgan fingerprint density at radius 1 is 1.12 bits per heavy atom. The molecule has 2 aromatic carbocycles. The van der Waals surface area contributed by atoms with Gasteiger partial charge in [0.05, 0.1) is 10.6 Å². The highest BCUT2D eigenvalue weighted by Crippen LogP contribution is 2.20. The molecule has 0 spiro atoms. The molecule has 25 heavy (non-hydrogen) atoms. The van der Waals surface area contributed by atoms with Crippen LogP contribution in [0, 0.1) is 0 Å². The molecule has 2 rings (SSSR count). The number of amides is 1. The number of nitrogens with one attached hydrogen (secondary N) is 2. The summed E-state index contributed by atoms with van der Waals surface area (Å²) in [7, 11) is -0.00966. The van der Waals surface area contributed by atoms with Crippen LogP contribution < -0.4 is 10.0 Å². The Morgan fingerprint density at radius 3 is 2.52 bits per heavy atom. The van der Waals surface area contributed by atoms with E-state index < -0.39 is 10.0 Å². The van der Waals surface area contributed by atoms with Gasteiger partial charge in [0, 0.05) is 23.7 Å². The van der Waals surface area contributed by atoms with Crippen LogP contribution in [0.4, 0.5) is 5.69 Å². The Bertz CT molecular complexity index is 854. The van der Waals surface area contributed by atoms with E-state index >= 15 is 0 Å². The third kappa shape index (κ3) is 5.74. The van der Waals surface area contributed by atoms with E-state index in [0.29, 0.717) is 23.8 Å². The quantitative estimate of drug-likeness (QED) is 0.772. The van der Waals surface area contributed by atoms with E-state index in [2.05, 4.69) is 10.0 Å². The second kappa shape index (κ2) is 8.33. The fraction of sp³-hybridized carbons (Fsp3) is 0.235. The topological polar surface area (TPSA) is 78.5 Å². The van der Waals surface area contributed by atoms with Crippen molar-refractivity contribution in [2.24, 2.45) is 0 Å². The molecule has 2 N–H and O–H groups in total. The third-order valence-corrected chi connectivity index (χ3v) is 4.94. The Kier molecular flexibility index (Phi) is 6.41. The summed E-state index contributed by atoms with van der Waals surface area (Å²) < 4.78 is 27.4. The van der Waals surface area contributed by atoms with E-state index in [1.54, 1.807) is 24.3 Å². The van der Waals surface area contributed by atoms with Gasteiger partial charge in [-0.15, -0.1) is 0 Å². The van der Waals surface area contributed by atoms with Crippen molar-refractivity contribution in [1.82, 2.24) is 10.2 Å². The van der Waals surface area contributed by atoms with Crippen molar-refractivity contribution in [3.8, 4) is 0 Å². The second-order valence-electron chi connectivity index (χ2n) is 5.70. The molecule has 134 valence electrons. The normalized spacial score (nSPS) is 11.4. The number of hydrogen-bond acceptors (Lipinski definition) is 4. The first kappa shape index (κ1) is 19.2. The third-order valence-electron chi connectivity index (χ3n) is 3.33. The van der Waals surface area contributed by atoms with Gasteiger partial charge in [0.15, 0.2) is 0 Å². The van der Waals surface area contributed by atoms with Gasteiger partial charge in [-0.2, -0.15) is 0 Å². The van der Waals surface area contributed by atoms with Gasteiger partial charge >= 0.3 is 0 Å². The molecule has 0 fully saturated rings. The van der Waals surface area contributed by atoms with Crippen LogP contribution in [-0.2, 0) is 10.0 Å². The van der Waals surface area contributed by atoms with Crippen molar-refractivity contribution in [2.75, 3.05) is 31.9 Å². The number of carbonyl (C=O) groups is 1. The molecular weight excluding hydrogens is 362 g/mol. The minimum atomic E-state index is -3.82. The molecule has 2 aromatic rings. The molecule has 0 aromatic heterocycles. The number of sulfonamides is 1. The zero-order valence-electron chi connectivity index (χ0n) is 14.0. The molecule has 6 nitrogen and oxygen atoms in total. The summed E-state index contributed by atoms with van der Waals surface area (Å²) in [6, 6.07) is 12.3. The van der Waals surface area contributed by atoms with Crippen molar-refractivity contribution in [1.29, 1.82) is 0 Å². The van der Waals surface area contributed by atoms with E-state index in [0.717, 1.165) is 0 Å². The highest BCUT2D eigenvalue weighted by atomic mass is 35.5. The smallest absolute Gasteiger partial charge is 0.261 e. The number of anilines is 1. The highest BCUT2D eigenvalue weighted by Gasteiger charge is 2.16. The maximum Gasteiger partial charge on any atom is 0.261 e. The number of benzene rings is 2. The number of likely N-dealkylation sites (N-methyl/N-ethyl adjacent to an activating group) is 1. The van der Waals surface area contributed by atoms with Gasteiger partial charge in [-0.3, -0.25) is 9.52 Å². The molecule has 0 heterocycles. The van der Waals surface area contributed by atoms with Gasteiger partial charge in [0.1, 0.15) is 0 Å². The van der Waals surface area contributed by atoms with Crippen molar-refractivity contribution in [3.63, 3.8) is 0 Å². The van der Waals surface area contributed by atoms with Crippen LogP contribution in [0.5, 0.6) is 0 Å². The average molecular weight is 382 g/mol. The monoisotopic (exact) mass is 381 g/mol. The number of carbonyl (C=O) groups excluding carboxylic acids is 1. The first-order chi connectivity index (χ1) is 11.8. The van der Waals surface area contributed by atoms with E-state index in [1.807, 2.05) is 19.0 Å². The van der Waals surface area contributed by atoms with Gasteiger partial charge < -0.3 is 10.2 Å². The van der Waals surface area contributed by atoms with Gasteiger partial charge in [-0.1, -0.05) is 23.7 Å². The number of halogens is 1. The zero-order chi connectivity index (χ0) is 18.4. The van der Waals surface area contributed by atoms with Crippen LogP contribution in [0.2, 0.25) is 5.02 Å². The molecule has 0 aliphatic carbocycles. The predicted octanol–water partition coefficient (Wildman–Crippen LogP) is 2.43. The summed E-state index contributed by atoms with van der Waals surface area (Å²) in [5, 5.41) is 3.18. The highest BCUT2D eigenvalue weighted by molar-refractivity contribution is 7.92. The number of nitrogens with zero attached hydrogens (tertiary/aromatic N) is 1. The largest absolute Gasteiger partial charge is 0.351 e. The van der Waals surface area contributed by atoms with E-state index in [-0.39, 0.29) is 16.4 Å². The minimum Gasteiger partial charge on any atom is -0.351 e. The fourth-order valence-corrected chi connectivity index (χ4v) is 3.35. The van der Waals surface area contributed by atoms with E-state index in [4.69, 9.17) is 11.6 Å². The van der Waals surface area contributed by atoms with E-state index in [1.165, 1.54) is 24.3 Å². The van der Waals surface area contributed by atoms with Crippen LogP contribution in [0.1, 0.15) is 10.4 Å². The Labute approximate surface area is 152 Å². The van der Waals surface area contributed by atoms with Crippen LogP contribution in [0.15, 0.2) is 53.4 Å². The van der Waals surface area contributed by atoms with Crippen LogP contribution >= 0.6 is 11.6 Å². The van der Waals surface area contributed by atoms with Gasteiger partial charge in [0.25, 0.3) is 15.9 Å². The number of rotatable bonds is 7. The predicted molar refractivity (Wildman–Crippen MR) is 99.6 cm³/mol. The lowest BCUT2D eigenvalue weighted by Crippen LogP contribution is -2.31. The molecule has 0 bridgehead atoms. The average Bonchev–Trinajstić information content (AvgIpc) is 2.54. The van der Waals surface area contributed by atoms with Crippen LogP contribution in [0.3, 0.4) is 0 Å². The van der Waals surface area contributed by atoms with Gasteiger partial charge in [-0.05, 0) is 50.5 Å². The molecule has 0 saturated carbocycles. The maximum atomic E-state index is 12.5. The van der Waals surface area contributed by atoms with Gasteiger partial charge in [0.2, 0.25) is 0 Å². The molecule has 0 saturated heterocycles. The Morgan fingerprint density at radius 2 is 1.84 bits per heavy atom. The SMILES string of the molecule is CN(C)CCNC(=O)c1cccc(S(=O)(=O)Nc2cccc(Cl)c2)c1. The summed E-state index contributed by atoms with van der Waals surface area (Å²) in [5.41, 5.74) is 0.640. The molecule has 0 aliphatic heterocycles. The zero-order valence-corrected chi connectivity index (χ0v) is 15.6. The van der Waals surface area contributed by atoms with Crippen molar-refractivity contribution < 1.29 is 13.2 Å². The fourth-order valence-electron chi connectivity index (χ4n) is 2.07. The van der Waals surface area contributed by atoms with Gasteiger partial charge in [-0.25, -0.2) is 8.42 Å². The first-order valence-electron chi connectivity index (χ1n) is 7.59. The summed E-state index contributed by atoms with van der Waals surface area (Å²) in [5.74, 6) is -0.318. The van der Waals surface area contributed by atoms with Crippen LogP contribution in [-0.4, -0.2) is 46.4 Å². The lowest BCUT2D eigenvalue weighted by atomic mass is 10.2. The van der Waals surface area contributed by atoms with Crippen molar-refractivity contribution in [2.45, 2.75) is 4.90 Å². The molecule has 8 heteroatoms. The summed E-state index contributed by atoms with van der Waals surface area (Å²) in [4.78, 5) is 14.1. The maximum absolute atomic E-state index is 12.5. The molecular formula is C17H20ClN3O3S. The van der Waals surface area contributed by atoms with Crippen molar-refractivity contribution >= 4 is 33.2 Å². The second-order valence-corrected chi connectivity index (χ2v) is 7.82. The number of hydrogen-bond donors (Lipinski definition) is 2. The molecule has 0 unspecified atom stereocenters. The molecule has 1 amide bonds. The van der Waals surface area contributed by atoms with E-state index in [9.17, 15) is 13.2 Å². The lowest BCUT2D eigenvalue weighted by Gasteiger charge is -2.12. The molecule has 0 atom stereocenters. The summed E-state index contributed by atoms with van der Waals surface area (Å²) in [6.07, 6.45) is 0. The standard InChI is InChI=1S/C17H20ClN3O3S/c1-21(2)10-9-19-17(22)13-5-3-8-16(11-13)25(23,24)20-15-7-4-6-14(18)12-15/h3-8,11-12,20H,9-10H2,1-2H3,(H,19,22). The summed E-state index contributed by atoms with van der Waals surface area (Å²) >= 11 is 5.87. The first-order valence-corrected chi connectivity index (χ1v) is 9.45. The minimum absolute atomic E-state index is 0.00716. The molecule has 0 radical (unpaired) electrons.